The van der Waals surface area contributed by atoms with E-state index >= 15 is 0 Å². The number of carbonyl (C=O) groups is 3. The first-order valence-corrected chi connectivity index (χ1v) is 9.62. The van der Waals surface area contributed by atoms with Gasteiger partial charge in [0.25, 0.3) is 11.8 Å². The van der Waals surface area contributed by atoms with Crippen LogP contribution in [0.5, 0.6) is 5.75 Å². The van der Waals surface area contributed by atoms with Gasteiger partial charge in [-0.15, -0.1) is 0 Å². The third kappa shape index (κ3) is 7.83. The summed E-state index contributed by atoms with van der Waals surface area (Å²) in [5.74, 6) is -0.342. The average Bonchev–Trinajstić information content (AvgIpc) is 2.70. The van der Waals surface area contributed by atoms with Gasteiger partial charge in [0.2, 0.25) is 5.91 Å². The van der Waals surface area contributed by atoms with Crippen LogP contribution in [0.4, 0.5) is 0 Å². The Bertz CT molecular complexity index is 836. The lowest BCUT2D eigenvalue weighted by atomic mass is 10.2. The van der Waals surface area contributed by atoms with E-state index in [2.05, 4.69) is 16.2 Å². The minimum Gasteiger partial charge on any atom is -0.491 e. The smallest absolute Gasteiger partial charge is 0.269 e. The van der Waals surface area contributed by atoms with Crippen LogP contribution in [0.15, 0.2) is 48.5 Å². The minimum atomic E-state index is -0.425. The number of hydrogen-bond acceptors (Lipinski definition) is 4. The fraction of sp³-hybridized carbons (Fsp3) is 0.286. The molecular weight excluding hydrogens is 394 g/mol. The van der Waals surface area contributed by atoms with Crippen LogP contribution in [0.1, 0.15) is 47.4 Å². The molecule has 29 heavy (non-hydrogen) atoms. The Kier molecular flexibility index (Phi) is 8.48. The molecule has 7 nitrogen and oxygen atoms in total. The summed E-state index contributed by atoms with van der Waals surface area (Å²) in [6.45, 7) is 4.17. The summed E-state index contributed by atoms with van der Waals surface area (Å²) in [7, 11) is 0. The van der Waals surface area contributed by atoms with Crippen LogP contribution in [-0.4, -0.2) is 30.4 Å². The van der Waals surface area contributed by atoms with E-state index in [1.807, 2.05) is 13.8 Å². The van der Waals surface area contributed by atoms with E-state index in [-0.39, 0.29) is 24.3 Å². The number of amides is 3. The minimum absolute atomic E-state index is 0.0462. The summed E-state index contributed by atoms with van der Waals surface area (Å²) in [5, 5.41) is 3.28. The Morgan fingerprint density at radius 1 is 0.897 bits per heavy atom. The zero-order chi connectivity index (χ0) is 21.2. The predicted octanol–water partition coefficient (Wildman–Crippen LogP) is 3.10. The van der Waals surface area contributed by atoms with Crippen molar-refractivity contribution in [2.24, 2.45) is 0 Å². The van der Waals surface area contributed by atoms with Crippen LogP contribution in [0.3, 0.4) is 0 Å². The van der Waals surface area contributed by atoms with Gasteiger partial charge in [0.15, 0.2) is 0 Å². The maximum atomic E-state index is 12.0. The molecule has 0 spiro atoms. The van der Waals surface area contributed by atoms with Gasteiger partial charge in [-0.2, -0.15) is 0 Å². The van der Waals surface area contributed by atoms with Gasteiger partial charge in [-0.25, -0.2) is 0 Å². The molecule has 3 amide bonds. The van der Waals surface area contributed by atoms with E-state index in [9.17, 15) is 14.4 Å². The molecular formula is C21H24ClN3O4. The molecule has 2 aromatic rings. The zero-order valence-corrected chi connectivity index (χ0v) is 17.1. The van der Waals surface area contributed by atoms with Crippen molar-refractivity contribution in [3.8, 4) is 5.75 Å². The summed E-state index contributed by atoms with van der Waals surface area (Å²) in [6, 6.07) is 13.1. The normalized spacial score (nSPS) is 10.3. The molecule has 8 heteroatoms. The predicted molar refractivity (Wildman–Crippen MR) is 111 cm³/mol. The maximum Gasteiger partial charge on any atom is 0.269 e. The Balaban J connectivity index is 1.65. The lowest BCUT2D eigenvalue weighted by Crippen LogP contribution is -2.41. The second-order valence-electron chi connectivity index (χ2n) is 6.56. The molecule has 0 aliphatic carbocycles. The highest BCUT2D eigenvalue weighted by molar-refractivity contribution is 6.30. The Labute approximate surface area is 174 Å². The van der Waals surface area contributed by atoms with Crippen LogP contribution >= 0.6 is 11.6 Å². The number of hydrazine groups is 1. The number of halogens is 1. The van der Waals surface area contributed by atoms with E-state index in [4.69, 9.17) is 16.3 Å². The first-order chi connectivity index (χ1) is 13.8. The third-order valence-corrected chi connectivity index (χ3v) is 4.03. The van der Waals surface area contributed by atoms with Gasteiger partial charge < -0.3 is 10.1 Å². The van der Waals surface area contributed by atoms with Crippen LogP contribution < -0.4 is 20.9 Å². The summed E-state index contributed by atoms with van der Waals surface area (Å²) < 4.78 is 5.52. The first-order valence-electron chi connectivity index (χ1n) is 9.25. The molecule has 2 aromatic carbocycles. The summed E-state index contributed by atoms with van der Waals surface area (Å²) >= 11 is 5.78. The van der Waals surface area contributed by atoms with Crippen LogP contribution in [0, 0.1) is 0 Å². The SMILES string of the molecule is CC(C)Oc1ccc(C(=O)NNC(=O)CCCNC(=O)c2ccc(Cl)cc2)cc1. The molecule has 0 saturated carbocycles. The van der Waals surface area contributed by atoms with E-state index in [0.717, 1.165) is 0 Å². The maximum absolute atomic E-state index is 12.0. The number of ether oxygens (including phenoxy) is 1. The molecule has 0 aliphatic heterocycles. The standard InChI is InChI=1S/C21H24ClN3O4/c1-14(2)29-18-11-7-16(8-12-18)21(28)25-24-19(26)4-3-13-23-20(27)15-5-9-17(22)10-6-15/h5-12,14H,3-4,13H2,1-2H3,(H,23,27)(H,24,26)(H,25,28). The summed E-state index contributed by atoms with van der Waals surface area (Å²) in [5.41, 5.74) is 5.61. The quantitative estimate of drug-likeness (QED) is 0.454. The van der Waals surface area contributed by atoms with E-state index in [1.165, 1.54) is 0 Å². The highest BCUT2D eigenvalue weighted by Crippen LogP contribution is 2.13. The van der Waals surface area contributed by atoms with Crippen molar-refractivity contribution in [3.05, 3.63) is 64.7 Å². The van der Waals surface area contributed by atoms with Crippen molar-refractivity contribution in [1.29, 1.82) is 0 Å². The third-order valence-electron chi connectivity index (χ3n) is 3.78. The van der Waals surface area contributed by atoms with E-state index < -0.39 is 5.91 Å². The van der Waals surface area contributed by atoms with Gasteiger partial charge in [0, 0.05) is 29.1 Å². The molecule has 0 aromatic heterocycles. The monoisotopic (exact) mass is 417 g/mol. The summed E-state index contributed by atoms with van der Waals surface area (Å²) in [6.07, 6.45) is 0.634. The second-order valence-corrected chi connectivity index (χ2v) is 7.00. The zero-order valence-electron chi connectivity index (χ0n) is 16.3. The summed E-state index contributed by atoms with van der Waals surface area (Å²) in [4.78, 5) is 35.8. The van der Waals surface area contributed by atoms with Crippen LogP contribution in [0.25, 0.3) is 0 Å². The topological polar surface area (TPSA) is 96.5 Å². The highest BCUT2D eigenvalue weighted by atomic mass is 35.5. The molecule has 0 bridgehead atoms. The van der Waals surface area contributed by atoms with Crippen molar-refractivity contribution in [2.75, 3.05) is 6.54 Å². The van der Waals surface area contributed by atoms with Crippen LogP contribution in [-0.2, 0) is 4.79 Å². The van der Waals surface area contributed by atoms with Crippen molar-refractivity contribution >= 4 is 29.3 Å². The second kappa shape index (κ2) is 11.1. The largest absolute Gasteiger partial charge is 0.491 e. The van der Waals surface area contributed by atoms with Crippen molar-refractivity contribution in [2.45, 2.75) is 32.8 Å². The Morgan fingerprint density at radius 3 is 2.10 bits per heavy atom. The number of hydrogen-bond donors (Lipinski definition) is 3. The highest BCUT2D eigenvalue weighted by Gasteiger charge is 2.09. The molecule has 2 rings (SSSR count). The molecule has 3 N–H and O–H groups in total. The van der Waals surface area contributed by atoms with E-state index in [1.54, 1.807) is 48.5 Å². The van der Waals surface area contributed by atoms with Crippen molar-refractivity contribution < 1.29 is 19.1 Å². The average molecular weight is 418 g/mol. The van der Waals surface area contributed by atoms with Crippen molar-refractivity contribution in [3.63, 3.8) is 0 Å². The molecule has 0 atom stereocenters. The van der Waals surface area contributed by atoms with Crippen molar-refractivity contribution in [1.82, 2.24) is 16.2 Å². The van der Waals surface area contributed by atoms with Crippen LogP contribution in [0.2, 0.25) is 5.02 Å². The molecule has 0 heterocycles. The number of benzene rings is 2. The fourth-order valence-corrected chi connectivity index (χ4v) is 2.50. The van der Waals surface area contributed by atoms with Gasteiger partial charge in [-0.05, 0) is 68.8 Å². The lowest BCUT2D eigenvalue weighted by molar-refractivity contribution is -0.121. The number of rotatable bonds is 8. The molecule has 0 aliphatic rings. The molecule has 0 radical (unpaired) electrons. The van der Waals surface area contributed by atoms with Gasteiger partial charge in [-0.3, -0.25) is 25.2 Å². The first kappa shape index (κ1) is 22.2. The van der Waals surface area contributed by atoms with Gasteiger partial charge in [-0.1, -0.05) is 11.6 Å². The van der Waals surface area contributed by atoms with Gasteiger partial charge >= 0.3 is 0 Å². The number of carbonyl (C=O) groups excluding carboxylic acids is 3. The van der Waals surface area contributed by atoms with Gasteiger partial charge in [0.05, 0.1) is 6.10 Å². The Hall–Kier alpha value is -3.06. The molecule has 0 saturated heterocycles. The number of nitrogens with one attached hydrogen (secondary N) is 3. The fourth-order valence-electron chi connectivity index (χ4n) is 2.37. The molecule has 0 unspecified atom stereocenters. The lowest BCUT2D eigenvalue weighted by Gasteiger charge is -2.11. The molecule has 154 valence electrons. The van der Waals surface area contributed by atoms with Gasteiger partial charge in [0.1, 0.15) is 5.75 Å². The Morgan fingerprint density at radius 2 is 1.48 bits per heavy atom. The van der Waals surface area contributed by atoms with E-state index in [0.29, 0.717) is 34.9 Å². The molecule has 0 fully saturated rings.